The van der Waals surface area contributed by atoms with Gasteiger partial charge in [-0.2, -0.15) is 13.2 Å². The summed E-state index contributed by atoms with van der Waals surface area (Å²) in [5, 5.41) is 2.08. The molecule has 0 aromatic heterocycles. The van der Waals surface area contributed by atoms with Crippen LogP contribution in [-0.4, -0.2) is 0 Å². The summed E-state index contributed by atoms with van der Waals surface area (Å²) >= 11 is 5.72. The van der Waals surface area contributed by atoms with Gasteiger partial charge in [0.2, 0.25) is 0 Å². The van der Waals surface area contributed by atoms with E-state index in [4.69, 9.17) is 11.6 Å². The first-order valence-corrected chi connectivity index (χ1v) is 6.03. The van der Waals surface area contributed by atoms with Gasteiger partial charge in [-0.1, -0.05) is 41.9 Å². The van der Waals surface area contributed by atoms with Gasteiger partial charge in [0, 0.05) is 0 Å². The number of alkyl halides is 3. The van der Waals surface area contributed by atoms with E-state index in [0.29, 0.717) is 5.39 Å². The maximum absolute atomic E-state index is 13.1. The lowest BCUT2D eigenvalue weighted by atomic mass is 9.99. The molecular formula is C15H8ClF3. The summed E-state index contributed by atoms with van der Waals surface area (Å²) in [4.78, 5) is 0. The van der Waals surface area contributed by atoms with E-state index in [1.807, 2.05) is 12.1 Å². The molecular weight excluding hydrogens is 273 g/mol. The summed E-state index contributed by atoms with van der Waals surface area (Å²) < 4.78 is 39.3. The molecule has 0 heterocycles. The van der Waals surface area contributed by atoms with Gasteiger partial charge in [0.1, 0.15) is 0 Å². The highest BCUT2D eigenvalue weighted by molar-refractivity contribution is 6.32. The summed E-state index contributed by atoms with van der Waals surface area (Å²) in [6.07, 6.45) is -4.46. The molecule has 0 spiro atoms. The molecule has 0 aliphatic rings. The van der Waals surface area contributed by atoms with Crippen LogP contribution in [0.1, 0.15) is 5.56 Å². The third kappa shape index (κ3) is 2.04. The quantitative estimate of drug-likeness (QED) is 0.466. The normalized spacial score (nSPS) is 12.2. The van der Waals surface area contributed by atoms with Crippen molar-refractivity contribution in [3.8, 4) is 0 Å². The maximum Gasteiger partial charge on any atom is 0.418 e. The molecule has 0 bridgehead atoms. The van der Waals surface area contributed by atoms with Crippen LogP contribution in [0.25, 0.3) is 21.5 Å². The fraction of sp³-hybridized carbons (Fsp3) is 0.0667. The van der Waals surface area contributed by atoms with Crippen molar-refractivity contribution in [2.45, 2.75) is 6.18 Å². The zero-order valence-electron chi connectivity index (χ0n) is 9.63. The van der Waals surface area contributed by atoms with E-state index in [0.717, 1.165) is 10.8 Å². The number of hydrogen-bond donors (Lipinski definition) is 0. The Labute approximate surface area is 112 Å². The molecule has 0 radical (unpaired) electrons. The molecule has 0 fully saturated rings. The smallest absolute Gasteiger partial charge is 0.166 e. The zero-order chi connectivity index (χ0) is 13.6. The van der Waals surface area contributed by atoms with Gasteiger partial charge in [-0.15, -0.1) is 0 Å². The molecule has 0 saturated heterocycles. The molecule has 0 nitrogen and oxygen atoms in total. The van der Waals surface area contributed by atoms with Gasteiger partial charge >= 0.3 is 6.18 Å². The lowest BCUT2D eigenvalue weighted by molar-refractivity contribution is -0.136. The van der Waals surface area contributed by atoms with Gasteiger partial charge in [-0.25, -0.2) is 0 Å². The zero-order valence-corrected chi connectivity index (χ0v) is 10.4. The summed E-state index contributed by atoms with van der Waals surface area (Å²) in [5.41, 5.74) is -0.766. The van der Waals surface area contributed by atoms with E-state index in [1.54, 1.807) is 30.3 Å². The average Bonchev–Trinajstić information content (AvgIpc) is 2.34. The maximum atomic E-state index is 13.1. The van der Waals surface area contributed by atoms with Crippen molar-refractivity contribution in [3.05, 3.63) is 59.1 Å². The second-order valence-electron chi connectivity index (χ2n) is 4.34. The molecule has 0 amide bonds. The molecule has 0 saturated carbocycles. The van der Waals surface area contributed by atoms with Crippen LogP contribution in [0.2, 0.25) is 5.02 Å². The van der Waals surface area contributed by atoms with E-state index in [1.165, 1.54) is 6.07 Å². The number of rotatable bonds is 0. The summed E-state index contributed by atoms with van der Waals surface area (Å²) in [6.45, 7) is 0. The average molecular weight is 281 g/mol. The van der Waals surface area contributed by atoms with Crippen LogP contribution >= 0.6 is 11.6 Å². The van der Waals surface area contributed by atoms with Gasteiger partial charge in [0.05, 0.1) is 10.6 Å². The molecule has 0 aliphatic heterocycles. The molecule has 3 rings (SSSR count). The summed E-state index contributed by atoms with van der Waals surface area (Å²) in [6, 6.07) is 13.5. The van der Waals surface area contributed by atoms with E-state index < -0.39 is 11.7 Å². The minimum absolute atomic E-state index is 0.138. The van der Waals surface area contributed by atoms with Crippen LogP contribution in [0.3, 0.4) is 0 Å². The van der Waals surface area contributed by atoms with Crippen LogP contribution < -0.4 is 0 Å². The third-order valence-corrected chi connectivity index (χ3v) is 3.43. The van der Waals surface area contributed by atoms with Crippen LogP contribution in [0.15, 0.2) is 48.5 Å². The molecule has 19 heavy (non-hydrogen) atoms. The highest BCUT2D eigenvalue weighted by Crippen LogP contribution is 2.40. The first kappa shape index (κ1) is 12.3. The topological polar surface area (TPSA) is 0 Å². The van der Waals surface area contributed by atoms with Crippen molar-refractivity contribution in [3.63, 3.8) is 0 Å². The molecule has 0 atom stereocenters. The predicted molar refractivity (Wildman–Crippen MR) is 71.5 cm³/mol. The second-order valence-corrected chi connectivity index (χ2v) is 4.75. The van der Waals surface area contributed by atoms with E-state index in [2.05, 4.69) is 0 Å². The van der Waals surface area contributed by atoms with Crippen molar-refractivity contribution in [1.82, 2.24) is 0 Å². The Morgan fingerprint density at radius 2 is 1.42 bits per heavy atom. The third-order valence-electron chi connectivity index (χ3n) is 3.12. The minimum atomic E-state index is -4.46. The Hall–Kier alpha value is -1.74. The van der Waals surface area contributed by atoms with E-state index in [-0.39, 0.29) is 10.4 Å². The highest BCUT2D eigenvalue weighted by Gasteiger charge is 2.35. The van der Waals surface area contributed by atoms with Crippen molar-refractivity contribution in [2.24, 2.45) is 0 Å². The van der Waals surface area contributed by atoms with Crippen molar-refractivity contribution in [2.75, 3.05) is 0 Å². The largest absolute Gasteiger partial charge is 0.418 e. The molecule has 96 valence electrons. The summed E-state index contributed by atoms with van der Waals surface area (Å²) in [7, 11) is 0. The number of hydrogen-bond acceptors (Lipinski definition) is 0. The Kier molecular flexibility index (Phi) is 2.68. The van der Waals surface area contributed by atoms with Crippen LogP contribution in [0.5, 0.6) is 0 Å². The SMILES string of the molecule is FC(F)(F)c1c(Cl)ccc2cc3ccccc3cc12. The van der Waals surface area contributed by atoms with Crippen molar-refractivity contribution < 1.29 is 13.2 Å². The predicted octanol–water partition coefficient (Wildman–Crippen LogP) is 5.67. The molecule has 0 aliphatic carbocycles. The molecule has 0 N–H and O–H groups in total. The Bertz CT molecular complexity index is 775. The standard InChI is InChI=1S/C15H8ClF3/c16-13-6-5-11-7-9-3-1-2-4-10(9)8-12(11)14(13)15(17,18)19/h1-8H. The first-order chi connectivity index (χ1) is 8.97. The summed E-state index contributed by atoms with van der Waals surface area (Å²) in [5.74, 6) is 0. The first-order valence-electron chi connectivity index (χ1n) is 5.65. The van der Waals surface area contributed by atoms with E-state index in [9.17, 15) is 13.2 Å². The molecule has 3 aromatic carbocycles. The number of fused-ring (bicyclic) bond motifs is 2. The van der Waals surface area contributed by atoms with Gasteiger partial charge in [0.25, 0.3) is 0 Å². The van der Waals surface area contributed by atoms with E-state index >= 15 is 0 Å². The van der Waals surface area contributed by atoms with Crippen LogP contribution in [0.4, 0.5) is 13.2 Å². The molecule has 0 unspecified atom stereocenters. The highest BCUT2D eigenvalue weighted by atomic mass is 35.5. The Balaban J connectivity index is 2.48. The second kappa shape index (κ2) is 4.14. The van der Waals surface area contributed by atoms with Gasteiger partial charge in [-0.3, -0.25) is 0 Å². The number of halogens is 4. The Morgan fingerprint density at radius 1 is 0.789 bits per heavy atom. The lowest BCUT2D eigenvalue weighted by Gasteiger charge is -2.13. The molecule has 3 aromatic rings. The molecule has 4 heteroatoms. The fourth-order valence-corrected chi connectivity index (χ4v) is 2.55. The minimum Gasteiger partial charge on any atom is -0.166 e. The van der Waals surface area contributed by atoms with Crippen LogP contribution in [-0.2, 0) is 6.18 Å². The fourth-order valence-electron chi connectivity index (χ4n) is 2.28. The van der Waals surface area contributed by atoms with Gasteiger partial charge in [-0.05, 0) is 39.7 Å². The lowest BCUT2D eigenvalue weighted by Crippen LogP contribution is -2.06. The van der Waals surface area contributed by atoms with Crippen LogP contribution in [0, 0.1) is 0 Å². The Morgan fingerprint density at radius 3 is 2.05 bits per heavy atom. The monoisotopic (exact) mass is 280 g/mol. The number of benzene rings is 3. The van der Waals surface area contributed by atoms with Crippen molar-refractivity contribution >= 4 is 33.1 Å². The van der Waals surface area contributed by atoms with Crippen molar-refractivity contribution in [1.29, 1.82) is 0 Å². The van der Waals surface area contributed by atoms with Gasteiger partial charge < -0.3 is 0 Å². The van der Waals surface area contributed by atoms with Gasteiger partial charge in [0.15, 0.2) is 0 Å².